The average Bonchev–Trinajstić information content (AvgIpc) is 2.66. The second-order valence-corrected chi connectivity index (χ2v) is 6.84. The summed E-state index contributed by atoms with van der Waals surface area (Å²) in [6.07, 6.45) is 8.35. The van der Waals surface area contributed by atoms with E-state index in [4.69, 9.17) is 0 Å². The number of amides is 1. The lowest BCUT2D eigenvalue weighted by atomic mass is 9.86. The summed E-state index contributed by atoms with van der Waals surface area (Å²) in [6.45, 7) is 0.647. The van der Waals surface area contributed by atoms with E-state index in [1.807, 2.05) is 53.4 Å². The molecule has 3 rings (SSSR count). The lowest BCUT2D eigenvalue weighted by Gasteiger charge is -2.25. The van der Waals surface area contributed by atoms with Crippen LogP contribution in [0.25, 0.3) is 0 Å². The van der Waals surface area contributed by atoms with Crippen LogP contribution in [0.4, 0.5) is 5.69 Å². The topological polar surface area (TPSA) is 20.3 Å². The third-order valence-corrected chi connectivity index (χ3v) is 5.04. The third kappa shape index (κ3) is 4.70. The van der Waals surface area contributed by atoms with E-state index in [0.29, 0.717) is 13.0 Å². The van der Waals surface area contributed by atoms with Crippen molar-refractivity contribution in [3.05, 3.63) is 66.2 Å². The Morgan fingerprint density at radius 1 is 0.875 bits per heavy atom. The zero-order valence-corrected chi connectivity index (χ0v) is 14.4. The van der Waals surface area contributed by atoms with E-state index >= 15 is 0 Å². The largest absolute Gasteiger partial charge is 0.308 e. The van der Waals surface area contributed by atoms with Gasteiger partial charge in [-0.15, -0.1) is 0 Å². The van der Waals surface area contributed by atoms with Crippen LogP contribution in [0, 0.1) is 5.92 Å². The van der Waals surface area contributed by atoms with Gasteiger partial charge in [-0.2, -0.15) is 0 Å². The lowest BCUT2D eigenvalue weighted by Crippen LogP contribution is -2.30. The van der Waals surface area contributed by atoms with Crippen molar-refractivity contribution in [2.75, 3.05) is 4.90 Å². The monoisotopic (exact) mass is 321 g/mol. The predicted octanol–water partition coefficient (Wildman–Crippen LogP) is 5.58. The summed E-state index contributed by atoms with van der Waals surface area (Å²) in [6, 6.07) is 20.3. The summed E-state index contributed by atoms with van der Waals surface area (Å²) in [4.78, 5) is 14.9. The van der Waals surface area contributed by atoms with Gasteiger partial charge in [0.25, 0.3) is 0 Å². The Morgan fingerprint density at radius 3 is 2.17 bits per heavy atom. The summed E-state index contributed by atoms with van der Waals surface area (Å²) in [5.41, 5.74) is 2.17. The molecule has 0 spiro atoms. The van der Waals surface area contributed by atoms with Crippen LogP contribution in [0.1, 0.15) is 50.5 Å². The molecular formula is C22H27NO. The molecule has 2 aromatic carbocycles. The minimum atomic E-state index is 0.246. The van der Waals surface area contributed by atoms with E-state index in [1.165, 1.54) is 37.7 Å². The van der Waals surface area contributed by atoms with E-state index in [-0.39, 0.29) is 5.91 Å². The fourth-order valence-corrected chi connectivity index (χ4v) is 3.64. The number of hydrogen-bond acceptors (Lipinski definition) is 1. The first-order valence-corrected chi connectivity index (χ1v) is 9.22. The number of nitrogens with zero attached hydrogens (tertiary/aromatic N) is 1. The van der Waals surface area contributed by atoms with Crippen molar-refractivity contribution in [3.63, 3.8) is 0 Å². The molecule has 126 valence electrons. The molecule has 1 saturated carbocycles. The number of rotatable bonds is 6. The molecule has 0 aromatic heterocycles. The molecular weight excluding hydrogens is 294 g/mol. The number of hydrogen-bond donors (Lipinski definition) is 0. The van der Waals surface area contributed by atoms with Gasteiger partial charge in [0.2, 0.25) is 5.91 Å². The standard InChI is InChI=1S/C22H27NO/c24-22(17-16-19-10-4-1-5-11-19)23(21-14-8-3-9-15-21)18-20-12-6-2-7-13-20/h2-3,6-9,12-15,19H,1,4-5,10-11,16-18H2. The fraction of sp³-hybridized carbons (Fsp3) is 0.409. The minimum absolute atomic E-state index is 0.246. The Kier molecular flexibility index (Phi) is 6.06. The highest BCUT2D eigenvalue weighted by molar-refractivity contribution is 5.93. The Hall–Kier alpha value is -2.09. The summed E-state index contributed by atoms with van der Waals surface area (Å²) < 4.78 is 0. The number of anilines is 1. The van der Waals surface area contributed by atoms with Gasteiger partial charge in [-0.25, -0.2) is 0 Å². The zero-order valence-electron chi connectivity index (χ0n) is 14.4. The van der Waals surface area contributed by atoms with Gasteiger partial charge in [0.15, 0.2) is 0 Å². The van der Waals surface area contributed by atoms with Crippen LogP contribution in [-0.4, -0.2) is 5.91 Å². The molecule has 2 aromatic rings. The van der Waals surface area contributed by atoms with Crippen LogP contribution in [0.15, 0.2) is 60.7 Å². The average molecular weight is 321 g/mol. The summed E-state index contributed by atoms with van der Waals surface area (Å²) >= 11 is 0. The van der Waals surface area contributed by atoms with Crippen LogP contribution >= 0.6 is 0 Å². The lowest BCUT2D eigenvalue weighted by molar-refractivity contribution is -0.119. The molecule has 0 unspecified atom stereocenters. The Balaban J connectivity index is 1.67. The van der Waals surface area contributed by atoms with E-state index in [0.717, 1.165) is 18.0 Å². The Bertz CT molecular complexity index is 617. The quantitative estimate of drug-likeness (QED) is 0.680. The van der Waals surface area contributed by atoms with Crippen LogP contribution in [0.5, 0.6) is 0 Å². The van der Waals surface area contributed by atoms with Crippen LogP contribution < -0.4 is 4.90 Å². The molecule has 24 heavy (non-hydrogen) atoms. The summed E-state index contributed by atoms with van der Waals surface area (Å²) in [7, 11) is 0. The van der Waals surface area contributed by atoms with E-state index in [1.54, 1.807) is 0 Å². The summed E-state index contributed by atoms with van der Waals surface area (Å²) in [5, 5.41) is 0. The van der Waals surface area contributed by atoms with E-state index in [2.05, 4.69) is 12.1 Å². The summed E-state index contributed by atoms with van der Waals surface area (Å²) in [5.74, 6) is 0.993. The molecule has 2 heteroatoms. The fourth-order valence-electron chi connectivity index (χ4n) is 3.64. The van der Waals surface area contributed by atoms with Gasteiger partial charge in [0, 0.05) is 12.1 Å². The highest BCUT2D eigenvalue weighted by Crippen LogP contribution is 2.28. The molecule has 0 aliphatic heterocycles. The normalized spacial score (nSPS) is 15.2. The SMILES string of the molecule is O=C(CCC1CCCCC1)N(Cc1ccccc1)c1ccccc1. The number of para-hydroxylation sites is 1. The number of carbonyl (C=O) groups excluding carboxylic acids is 1. The maximum atomic E-state index is 12.9. The molecule has 0 heterocycles. The molecule has 1 fully saturated rings. The first kappa shape index (κ1) is 16.8. The second-order valence-electron chi connectivity index (χ2n) is 6.84. The third-order valence-electron chi connectivity index (χ3n) is 5.04. The molecule has 0 atom stereocenters. The maximum absolute atomic E-state index is 12.9. The molecule has 0 bridgehead atoms. The van der Waals surface area contributed by atoms with Gasteiger partial charge in [0.05, 0.1) is 6.54 Å². The maximum Gasteiger partial charge on any atom is 0.227 e. The van der Waals surface area contributed by atoms with Crippen molar-refractivity contribution < 1.29 is 4.79 Å². The molecule has 1 aliphatic carbocycles. The minimum Gasteiger partial charge on any atom is -0.308 e. The molecule has 1 aliphatic rings. The van der Waals surface area contributed by atoms with E-state index < -0.39 is 0 Å². The number of carbonyl (C=O) groups is 1. The first-order chi connectivity index (χ1) is 11.8. The molecule has 0 N–H and O–H groups in total. The van der Waals surface area contributed by atoms with Crippen LogP contribution in [0.2, 0.25) is 0 Å². The van der Waals surface area contributed by atoms with Crippen molar-refractivity contribution in [1.82, 2.24) is 0 Å². The molecule has 0 radical (unpaired) electrons. The highest BCUT2D eigenvalue weighted by atomic mass is 16.2. The van der Waals surface area contributed by atoms with Gasteiger partial charge in [-0.1, -0.05) is 80.6 Å². The van der Waals surface area contributed by atoms with E-state index in [9.17, 15) is 4.79 Å². The Labute approximate surface area is 145 Å². The smallest absolute Gasteiger partial charge is 0.227 e. The predicted molar refractivity (Wildman–Crippen MR) is 99.9 cm³/mol. The van der Waals surface area contributed by atoms with Gasteiger partial charge < -0.3 is 4.90 Å². The second kappa shape index (κ2) is 8.68. The first-order valence-electron chi connectivity index (χ1n) is 9.22. The molecule has 0 saturated heterocycles. The molecule has 2 nitrogen and oxygen atoms in total. The highest BCUT2D eigenvalue weighted by Gasteiger charge is 2.19. The Morgan fingerprint density at radius 2 is 1.50 bits per heavy atom. The van der Waals surface area contributed by atoms with Crippen molar-refractivity contribution in [1.29, 1.82) is 0 Å². The van der Waals surface area contributed by atoms with Gasteiger partial charge in [0.1, 0.15) is 0 Å². The number of benzene rings is 2. The van der Waals surface area contributed by atoms with Crippen LogP contribution in [0.3, 0.4) is 0 Å². The van der Waals surface area contributed by atoms with Gasteiger partial charge in [-0.05, 0) is 30.0 Å². The van der Waals surface area contributed by atoms with Crippen molar-refractivity contribution in [3.8, 4) is 0 Å². The van der Waals surface area contributed by atoms with Crippen molar-refractivity contribution >= 4 is 11.6 Å². The van der Waals surface area contributed by atoms with Gasteiger partial charge in [-0.3, -0.25) is 4.79 Å². The van der Waals surface area contributed by atoms with Gasteiger partial charge >= 0.3 is 0 Å². The molecule has 1 amide bonds. The van der Waals surface area contributed by atoms with Crippen molar-refractivity contribution in [2.24, 2.45) is 5.92 Å². The zero-order chi connectivity index (χ0) is 16.6. The van der Waals surface area contributed by atoms with Crippen LogP contribution in [-0.2, 0) is 11.3 Å². The van der Waals surface area contributed by atoms with Crippen molar-refractivity contribution in [2.45, 2.75) is 51.5 Å².